The highest BCUT2D eigenvalue weighted by Gasteiger charge is 2.53. The van der Waals surface area contributed by atoms with Crippen LogP contribution in [0.2, 0.25) is 0 Å². The highest BCUT2D eigenvalue weighted by molar-refractivity contribution is 7.21. The fraction of sp³-hybridized carbons (Fsp3) is 0.464. The first-order valence-corrected chi connectivity index (χ1v) is 15.0. The van der Waals surface area contributed by atoms with Crippen LogP contribution in [0.25, 0.3) is 20.8 Å². The molecule has 4 heterocycles. The smallest absolute Gasteiger partial charge is 0.225 e. The van der Waals surface area contributed by atoms with E-state index in [2.05, 4.69) is 46.3 Å². The monoisotopic (exact) mass is 533 g/mol. The Bertz CT molecular complexity index is 1370. The molecular formula is C28H31N5O2S2. The summed E-state index contributed by atoms with van der Waals surface area (Å²) in [5.41, 5.74) is 2.88. The number of anilines is 2. The molecule has 0 amide bonds. The number of ether oxygens (including phenoxy) is 2. The predicted octanol–water partition coefficient (Wildman–Crippen LogP) is 6.75. The lowest BCUT2D eigenvalue weighted by Crippen LogP contribution is -2.38. The van der Waals surface area contributed by atoms with E-state index in [4.69, 9.17) is 24.4 Å². The topological polar surface area (TPSA) is 81.2 Å². The summed E-state index contributed by atoms with van der Waals surface area (Å²) in [6.07, 6.45) is 7.85. The van der Waals surface area contributed by atoms with Crippen LogP contribution in [0.15, 0.2) is 41.8 Å². The molecule has 1 aromatic carbocycles. The number of rotatable bonds is 6. The molecule has 1 saturated heterocycles. The van der Waals surface area contributed by atoms with Crippen molar-refractivity contribution in [1.82, 2.24) is 15.0 Å². The maximum atomic E-state index is 6.69. The number of thiophene rings is 1. The largest absolute Gasteiger partial charge is 0.364 e. The Balaban J connectivity index is 1.21. The minimum absolute atomic E-state index is 0.0408. The summed E-state index contributed by atoms with van der Waals surface area (Å²) >= 11 is 3.41. The van der Waals surface area contributed by atoms with Gasteiger partial charge >= 0.3 is 0 Å². The molecule has 2 N–H and O–H groups in total. The summed E-state index contributed by atoms with van der Waals surface area (Å²) in [6, 6.07) is 12.6. The third-order valence-electron chi connectivity index (χ3n) is 7.78. The van der Waals surface area contributed by atoms with Crippen LogP contribution >= 0.6 is 22.7 Å². The van der Waals surface area contributed by atoms with Gasteiger partial charge < -0.3 is 20.1 Å². The van der Waals surface area contributed by atoms with Gasteiger partial charge in [0, 0.05) is 17.7 Å². The van der Waals surface area contributed by atoms with Gasteiger partial charge in [-0.3, -0.25) is 0 Å². The van der Waals surface area contributed by atoms with E-state index < -0.39 is 0 Å². The van der Waals surface area contributed by atoms with E-state index in [0.717, 1.165) is 58.0 Å². The average molecular weight is 534 g/mol. The van der Waals surface area contributed by atoms with Gasteiger partial charge in [-0.15, -0.1) is 22.7 Å². The van der Waals surface area contributed by atoms with Gasteiger partial charge in [0.1, 0.15) is 16.9 Å². The summed E-state index contributed by atoms with van der Waals surface area (Å²) < 4.78 is 14.4. The van der Waals surface area contributed by atoms with Crippen LogP contribution < -0.4 is 10.6 Å². The van der Waals surface area contributed by atoms with Crippen LogP contribution in [0.1, 0.15) is 55.5 Å². The lowest BCUT2D eigenvalue weighted by atomic mass is 9.94. The number of nitrogens with one attached hydrogen (secondary N) is 2. The quantitative estimate of drug-likeness (QED) is 0.284. The molecule has 37 heavy (non-hydrogen) atoms. The Morgan fingerprint density at radius 2 is 1.89 bits per heavy atom. The standard InChI is InChI=1S/C28H31N5O2S2/c1-17-23(26-32-19-9-3-4-10-22(19)37-26)25(33-27(30-17)29-16-18-8-7-15-36-18)31-20-11-12-21-24(20)35-28(34-21)13-5-2-6-14-28/h3-4,7-10,15,20-21,24H,2,5-6,11-14,16H2,1H3,(H2,29,30,31,33). The molecule has 2 saturated carbocycles. The number of thiazole rings is 1. The second-order valence-corrected chi connectivity index (χ2v) is 12.4. The zero-order chi connectivity index (χ0) is 24.8. The molecule has 1 spiro atoms. The van der Waals surface area contributed by atoms with Crippen molar-refractivity contribution in [2.75, 3.05) is 10.6 Å². The molecule has 7 nitrogen and oxygen atoms in total. The Morgan fingerprint density at radius 1 is 1.00 bits per heavy atom. The summed E-state index contributed by atoms with van der Waals surface area (Å²) in [5, 5.41) is 10.2. The number of aromatic nitrogens is 3. The van der Waals surface area contributed by atoms with E-state index in [-0.39, 0.29) is 24.0 Å². The highest BCUT2D eigenvalue weighted by Crippen LogP contribution is 2.46. The maximum absolute atomic E-state index is 6.69. The van der Waals surface area contributed by atoms with Crippen molar-refractivity contribution in [1.29, 1.82) is 0 Å². The molecule has 4 aromatic rings. The molecular weight excluding hydrogens is 502 g/mol. The molecule has 3 atom stereocenters. The van der Waals surface area contributed by atoms with Crippen LogP contribution in [-0.2, 0) is 16.0 Å². The van der Waals surface area contributed by atoms with Crippen molar-refractivity contribution in [2.45, 2.75) is 82.5 Å². The number of para-hydroxylation sites is 1. The van der Waals surface area contributed by atoms with Gasteiger partial charge in [0.15, 0.2) is 5.79 Å². The first-order valence-electron chi connectivity index (χ1n) is 13.3. The van der Waals surface area contributed by atoms with Crippen molar-refractivity contribution in [3.63, 3.8) is 0 Å². The molecule has 3 aromatic heterocycles. The third-order valence-corrected chi connectivity index (χ3v) is 9.71. The van der Waals surface area contributed by atoms with Crippen LogP contribution in [0, 0.1) is 6.92 Å². The zero-order valence-corrected chi connectivity index (χ0v) is 22.5. The molecule has 1 aliphatic heterocycles. The van der Waals surface area contributed by atoms with Crippen LogP contribution in [-0.4, -0.2) is 39.0 Å². The molecule has 2 aliphatic carbocycles. The van der Waals surface area contributed by atoms with Gasteiger partial charge in [-0.05, 0) is 56.2 Å². The van der Waals surface area contributed by atoms with E-state index in [1.54, 1.807) is 22.7 Å². The average Bonchev–Trinajstić information content (AvgIpc) is 3.69. The van der Waals surface area contributed by atoms with Crippen LogP contribution in [0.5, 0.6) is 0 Å². The van der Waals surface area contributed by atoms with Gasteiger partial charge in [-0.1, -0.05) is 24.6 Å². The Hall–Kier alpha value is -2.59. The number of fused-ring (bicyclic) bond motifs is 2. The van der Waals surface area contributed by atoms with Gasteiger partial charge in [0.2, 0.25) is 5.95 Å². The summed E-state index contributed by atoms with van der Waals surface area (Å²) in [7, 11) is 0. The Morgan fingerprint density at radius 3 is 2.73 bits per heavy atom. The first kappa shape index (κ1) is 23.5. The van der Waals surface area contributed by atoms with Gasteiger partial charge in [0.25, 0.3) is 0 Å². The number of hydrogen-bond donors (Lipinski definition) is 2. The normalized spacial score (nSPS) is 24.5. The molecule has 0 bridgehead atoms. The Labute approximate surface area is 224 Å². The van der Waals surface area contributed by atoms with Crippen molar-refractivity contribution < 1.29 is 9.47 Å². The first-order chi connectivity index (χ1) is 18.2. The second-order valence-electron chi connectivity index (χ2n) is 10.3. The predicted molar refractivity (Wildman–Crippen MR) is 149 cm³/mol. The fourth-order valence-electron chi connectivity index (χ4n) is 5.99. The van der Waals surface area contributed by atoms with Crippen molar-refractivity contribution in [3.05, 3.63) is 52.3 Å². The maximum Gasteiger partial charge on any atom is 0.225 e. The summed E-state index contributed by atoms with van der Waals surface area (Å²) in [5.74, 6) is 1.07. The van der Waals surface area contributed by atoms with E-state index in [9.17, 15) is 0 Å². The van der Waals surface area contributed by atoms with Gasteiger partial charge in [-0.2, -0.15) is 4.98 Å². The minimum atomic E-state index is -0.376. The zero-order valence-electron chi connectivity index (χ0n) is 20.9. The molecule has 192 valence electrons. The minimum Gasteiger partial charge on any atom is -0.364 e. The number of nitrogens with zero attached hydrogens (tertiary/aromatic N) is 3. The molecule has 3 unspecified atom stereocenters. The third kappa shape index (κ3) is 4.52. The summed E-state index contributed by atoms with van der Waals surface area (Å²) in [6.45, 7) is 2.75. The van der Waals surface area contributed by atoms with Gasteiger partial charge in [-0.25, -0.2) is 9.97 Å². The molecule has 3 aliphatic rings. The highest BCUT2D eigenvalue weighted by atomic mass is 32.1. The van der Waals surface area contributed by atoms with Crippen LogP contribution in [0.3, 0.4) is 0 Å². The Kier molecular flexibility index (Phi) is 6.11. The second kappa shape index (κ2) is 9.62. The van der Waals surface area contributed by atoms with Crippen molar-refractivity contribution >= 4 is 44.7 Å². The lowest BCUT2D eigenvalue weighted by molar-refractivity contribution is -0.198. The lowest BCUT2D eigenvalue weighted by Gasteiger charge is -2.33. The van der Waals surface area contributed by atoms with E-state index >= 15 is 0 Å². The number of benzene rings is 1. The molecule has 0 radical (unpaired) electrons. The number of hydrogen-bond acceptors (Lipinski definition) is 9. The fourth-order valence-corrected chi connectivity index (χ4v) is 7.70. The van der Waals surface area contributed by atoms with Crippen molar-refractivity contribution in [2.24, 2.45) is 0 Å². The number of aryl methyl sites for hydroxylation is 1. The molecule has 9 heteroatoms. The van der Waals surface area contributed by atoms with E-state index in [1.807, 2.05) is 13.0 Å². The van der Waals surface area contributed by atoms with Crippen LogP contribution in [0.4, 0.5) is 11.8 Å². The van der Waals surface area contributed by atoms with Crippen molar-refractivity contribution in [3.8, 4) is 10.6 Å². The van der Waals surface area contributed by atoms with Gasteiger partial charge in [0.05, 0.1) is 40.2 Å². The molecule has 3 fully saturated rings. The summed E-state index contributed by atoms with van der Waals surface area (Å²) in [4.78, 5) is 16.0. The van der Waals surface area contributed by atoms with E-state index in [0.29, 0.717) is 12.5 Å². The van der Waals surface area contributed by atoms with E-state index in [1.165, 1.54) is 24.1 Å². The SMILES string of the molecule is Cc1nc(NCc2cccs2)nc(NC2CCC3OC4(CCCCC4)OC23)c1-c1nc2ccccc2s1. The molecule has 7 rings (SSSR count).